The maximum atomic E-state index is 12.2. The molecule has 1 aliphatic heterocycles. The number of hydrogen-bond acceptors (Lipinski definition) is 4. The normalized spacial score (nSPS) is 19.9. The Labute approximate surface area is 106 Å². The molecule has 1 atom stereocenters. The largest absolute Gasteiger partial charge is 0.368 e. The van der Waals surface area contributed by atoms with Gasteiger partial charge in [0.1, 0.15) is 0 Å². The van der Waals surface area contributed by atoms with Crippen molar-refractivity contribution < 1.29 is 14.4 Å². The molecule has 1 heterocycles. The van der Waals surface area contributed by atoms with Crippen LogP contribution in [-0.4, -0.2) is 48.3 Å². The van der Waals surface area contributed by atoms with Gasteiger partial charge in [0, 0.05) is 0 Å². The lowest BCUT2D eigenvalue weighted by molar-refractivity contribution is -0.139. The lowest BCUT2D eigenvalue weighted by Crippen LogP contribution is -2.51. The Hall–Kier alpha value is -1.63. The molecule has 0 aromatic heterocycles. The molecule has 1 fully saturated rings. The molecule has 1 saturated heterocycles. The van der Waals surface area contributed by atoms with E-state index in [0.29, 0.717) is 6.42 Å². The average Bonchev–Trinajstić information content (AvgIpc) is 2.54. The van der Waals surface area contributed by atoms with Gasteiger partial charge in [-0.25, -0.2) is 0 Å². The predicted octanol–water partition coefficient (Wildman–Crippen LogP) is -1.68. The van der Waals surface area contributed by atoms with Gasteiger partial charge in [0.25, 0.3) is 0 Å². The number of nitrogens with zero attached hydrogens (tertiary/aromatic N) is 1. The fourth-order valence-corrected chi connectivity index (χ4v) is 2.05. The van der Waals surface area contributed by atoms with E-state index in [1.807, 2.05) is 0 Å². The van der Waals surface area contributed by atoms with Crippen molar-refractivity contribution in [3.63, 3.8) is 0 Å². The van der Waals surface area contributed by atoms with Gasteiger partial charge in [-0.1, -0.05) is 12.8 Å². The molecule has 5 N–H and O–H groups in total. The van der Waals surface area contributed by atoms with Crippen LogP contribution in [0, 0.1) is 0 Å². The molecule has 0 radical (unpaired) electrons. The number of carbonyl (C=O) groups is 3. The third-order valence-electron chi connectivity index (χ3n) is 2.86. The van der Waals surface area contributed by atoms with Crippen LogP contribution in [0.25, 0.3) is 0 Å². The summed E-state index contributed by atoms with van der Waals surface area (Å²) in [7, 11) is 0. The monoisotopic (exact) mass is 256 g/mol. The summed E-state index contributed by atoms with van der Waals surface area (Å²) in [5, 5.41) is 3.11. The van der Waals surface area contributed by atoms with Gasteiger partial charge in [-0.2, -0.15) is 0 Å². The first kappa shape index (κ1) is 14.4. The highest BCUT2D eigenvalue weighted by atomic mass is 16.2. The zero-order valence-electron chi connectivity index (χ0n) is 10.4. The number of hydrogen-bond donors (Lipinski definition) is 3. The third-order valence-corrected chi connectivity index (χ3v) is 2.86. The van der Waals surface area contributed by atoms with Crippen LogP contribution in [0.5, 0.6) is 0 Å². The van der Waals surface area contributed by atoms with Crippen molar-refractivity contribution in [3.8, 4) is 0 Å². The zero-order valence-corrected chi connectivity index (χ0v) is 10.4. The molecule has 3 amide bonds. The highest BCUT2D eigenvalue weighted by Crippen LogP contribution is 2.10. The second-order valence-corrected chi connectivity index (χ2v) is 4.48. The molecule has 0 spiro atoms. The molecule has 0 aliphatic carbocycles. The lowest BCUT2D eigenvalue weighted by atomic mass is 10.1. The van der Waals surface area contributed by atoms with Crippen molar-refractivity contribution in [3.05, 3.63) is 0 Å². The van der Waals surface area contributed by atoms with Crippen LogP contribution in [0.2, 0.25) is 0 Å². The molecule has 7 heteroatoms. The van der Waals surface area contributed by atoms with E-state index in [0.717, 1.165) is 30.7 Å². The second kappa shape index (κ2) is 6.95. The van der Waals surface area contributed by atoms with Gasteiger partial charge in [0.15, 0.2) is 0 Å². The Balaban J connectivity index is 2.66. The van der Waals surface area contributed by atoms with E-state index < -0.39 is 11.8 Å². The Morgan fingerprint density at radius 2 is 1.67 bits per heavy atom. The van der Waals surface area contributed by atoms with Crippen LogP contribution < -0.4 is 16.8 Å². The molecule has 0 aromatic carbocycles. The summed E-state index contributed by atoms with van der Waals surface area (Å²) < 4.78 is 0. The first-order chi connectivity index (χ1) is 8.50. The molecule has 0 aromatic rings. The highest BCUT2D eigenvalue weighted by Gasteiger charge is 2.26. The molecular weight excluding hydrogens is 236 g/mol. The zero-order chi connectivity index (χ0) is 13.5. The summed E-state index contributed by atoms with van der Waals surface area (Å²) in [5.74, 6) is -1.59. The van der Waals surface area contributed by atoms with Crippen molar-refractivity contribution >= 4 is 17.7 Å². The van der Waals surface area contributed by atoms with Crippen molar-refractivity contribution in [1.82, 2.24) is 10.2 Å². The molecule has 0 saturated carbocycles. The van der Waals surface area contributed by atoms with Crippen molar-refractivity contribution in [1.29, 1.82) is 0 Å². The molecule has 1 rings (SSSR count). The summed E-state index contributed by atoms with van der Waals surface area (Å²) in [5.41, 5.74) is 10.1. The molecule has 18 heavy (non-hydrogen) atoms. The van der Waals surface area contributed by atoms with E-state index in [-0.39, 0.29) is 25.0 Å². The van der Waals surface area contributed by atoms with Gasteiger partial charge in [0.05, 0.1) is 19.1 Å². The van der Waals surface area contributed by atoms with Gasteiger partial charge < -0.3 is 21.7 Å². The number of amides is 3. The molecule has 1 aliphatic rings. The summed E-state index contributed by atoms with van der Waals surface area (Å²) in [6.07, 6.45) is 3.75. The molecular formula is C11H20N4O3. The lowest BCUT2D eigenvalue weighted by Gasteiger charge is -2.25. The maximum absolute atomic E-state index is 12.2. The molecule has 7 nitrogen and oxygen atoms in total. The number of nitrogens with two attached hydrogens (primary N) is 2. The van der Waals surface area contributed by atoms with Crippen LogP contribution in [0.4, 0.5) is 0 Å². The summed E-state index contributed by atoms with van der Waals surface area (Å²) in [4.78, 5) is 35.1. The van der Waals surface area contributed by atoms with Crippen LogP contribution >= 0.6 is 0 Å². The number of carbonyl (C=O) groups excluding carboxylic acids is 3. The van der Waals surface area contributed by atoms with E-state index >= 15 is 0 Å². The van der Waals surface area contributed by atoms with Crippen LogP contribution in [0.15, 0.2) is 0 Å². The average molecular weight is 256 g/mol. The number of rotatable bonds is 5. The van der Waals surface area contributed by atoms with Crippen LogP contribution in [0.1, 0.15) is 25.7 Å². The Morgan fingerprint density at radius 1 is 1.06 bits per heavy atom. The SMILES string of the molecule is NC(=O)CN(CC(N)=O)C(=O)C1CCCCCN1. The summed E-state index contributed by atoms with van der Waals surface area (Å²) in [6.45, 7) is 0.206. The molecule has 102 valence electrons. The second-order valence-electron chi connectivity index (χ2n) is 4.48. The topological polar surface area (TPSA) is 119 Å². The quantitative estimate of drug-likeness (QED) is 0.544. The first-order valence-electron chi connectivity index (χ1n) is 6.09. The minimum absolute atomic E-state index is 0.278. The standard InChI is InChI=1S/C11H20N4O3/c12-9(16)6-15(7-10(13)17)11(18)8-4-2-1-3-5-14-8/h8,14H,1-7H2,(H2,12,16)(H2,13,17). The highest BCUT2D eigenvalue weighted by molar-refractivity contribution is 5.90. The predicted molar refractivity (Wildman–Crippen MR) is 65.2 cm³/mol. The van der Waals surface area contributed by atoms with Crippen LogP contribution in [-0.2, 0) is 14.4 Å². The van der Waals surface area contributed by atoms with E-state index in [4.69, 9.17) is 11.5 Å². The summed E-state index contributed by atoms with van der Waals surface area (Å²) >= 11 is 0. The molecule has 1 unspecified atom stereocenters. The Morgan fingerprint density at radius 3 is 2.22 bits per heavy atom. The number of primary amides is 2. The minimum Gasteiger partial charge on any atom is -0.368 e. The maximum Gasteiger partial charge on any atom is 0.240 e. The minimum atomic E-state index is -0.654. The van der Waals surface area contributed by atoms with Crippen molar-refractivity contribution in [2.24, 2.45) is 11.5 Å². The van der Waals surface area contributed by atoms with Gasteiger partial charge in [0.2, 0.25) is 17.7 Å². The Bertz CT molecular complexity index is 308. The molecule has 0 bridgehead atoms. The van der Waals surface area contributed by atoms with E-state index in [1.54, 1.807) is 0 Å². The van der Waals surface area contributed by atoms with Gasteiger partial charge >= 0.3 is 0 Å². The summed E-state index contributed by atoms with van der Waals surface area (Å²) in [6, 6.07) is -0.355. The Kier molecular flexibility index (Phi) is 5.57. The van der Waals surface area contributed by atoms with E-state index in [1.165, 1.54) is 0 Å². The van der Waals surface area contributed by atoms with Crippen molar-refractivity contribution in [2.45, 2.75) is 31.7 Å². The van der Waals surface area contributed by atoms with Gasteiger partial charge in [-0.3, -0.25) is 14.4 Å². The van der Waals surface area contributed by atoms with E-state index in [9.17, 15) is 14.4 Å². The number of nitrogens with one attached hydrogen (secondary N) is 1. The van der Waals surface area contributed by atoms with Crippen molar-refractivity contribution in [2.75, 3.05) is 19.6 Å². The fourth-order valence-electron chi connectivity index (χ4n) is 2.05. The van der Waals surface area contributed by atoms with Gasteiger partial charge in [-0.15, -0.1) is 0 Å². The third kappa shape index (κ3) is 4.70. The smallest absolute Gasteiger partial charge is 0.240 e. The van der Waals surface area contributed by atoms with E-state index in [2.05, 4.69) is 5.32 Å². The van der Waals surface area contributed by atoms with Crippen LogP contribution in [0.3, 0.4) is 0 Å². The van der Waals surface area contributed by atoms with Gasteiger partial charge in [-0.05, 0) is 19.4 Å². The fraction of sp³-hybridized carbons (Fsp3) is 0.727. The first-order valence-corrected chi connectivity index (χ1v) is 6.09.